The molecule has 0 N–H and O–H groups in total. The summed E-state index contributed by atoms with van der Waals surface area (Å²) in [6, 6.07) is 0. The lowest BCUT2D eigenvalue weighted by atomic mass is 9.99. The van der Waals surface area contributed by atoms with Gasteiger partial charge in [-0.05, 0) is 32.1 Å². The average Bonchev–Trinajstić information content (AvgIpc) is 3.38. The van der Waals surface area contributed by atoms with Crippen molar-refractivity contribution in [2.75, 3.05) is 25.4 Å². The van der Waals surface area contributed by atoms with Crippen LogP contribution in [-0.2, 0) is 19.6 Å². The van der Waals surface area contributed by atoms with Gasteiger partial charge in [0.05, 0.1) is 5.75 Å². The van der Waals surface area contributed by atoms with Gasteiger partial charge in [-0.25, -0.2) is 12.7 Å². The van der Waals surface area contributed by atoms with E-state index in [0.717, 1.165) is 27.8 Å². The summed E-state index contributed by atoms with van der Waals surface area (Å²) < 4.78 is 26.8. The molecule has 3 heterocycles. The molecule has 0 unspecified atom stereocenters. The Kier molecular flexibility index (Phi) is 5.30. The zero-order valence-corrected chi connectivity index (χ0v) is 16.8. The van der Waals surface area contributed by atoms with Gasteiger partial charge in [-0.1, -0.05) is 0 Å². The van der Waals surface area contributed by atoms with Gasteiger partial charge in [-0.3, -0.25) is 14.5 Å². The first-order chi connectivity index (χ1) is 12.9. The third-order valence-corrected chi connectivity index (χ3v) is 8.63. The molecule has 1 aliphatic carbocycles. The molecular weight excluding hydrogens is 388 g/mol. The molecule has 4 rings (SSSR count). The summed E-state index contributed by atoms with van der Waals surface area (Å²) in [6.45, 7) is 0.863. The predicted molar refractivity (Wildman–Crippen MR) is 99.8 cm³/mol. The summed E-state index contributed by atoms with van der Waals surface area (Å²) in [4.78, 5) is 24.8. The molecule has 2 aliphatic heterocycles. The van der Waals surface area contributed by atoms with E-state index in [0.29, 0.717) is 38.3 Å². The number of amides is 2. The number of carbonyl (C=O) groups excluding carboxylic acids is 2. The van der Waals surface area contributed by atoms with Gasteiger partial charge in [0.25, 0.3) is 0 Å². The van der Waals surface area contributed by atoms with E-state index in [9.17, 15) is 18.0 Å². The molecular formula is C17H24N4O4S2. The van der Waals surface area contributed by atoms with Gasteiger partial charge in [-0.2, -0.15) is 0 Å². The third-order valence-electron chi connectivity index (χ3n) is 5.54. The van der Waals surface area contributed by atoms with Gasteiger partial charge in [-0.15, -0.1) is 21.5 Å². The Balaban J connectivity index is 1.31. The van der Waals surface area contributed by atoms with Gasteiger partial charge >= 0.3 is 0 Å². The van der Waals surface area contributed by atoms with E-state index >= 15 is 0 Å². The topological polar surface area (TPSA) is 101 Å². The number of likely N-dealkylation sites (tertiary alicyclic amines) is 1. The molecule has 2 saturated heterocycles. The molecule has 2 amide bonds. The number of imide groups is 1. The number of piperidine rings is 2. The van der Waals surface area contributed by atoms with Gasteiger partial charge in [0.1, 0.15) is 10.0 Å². The van der Waals surface area contributed by atoms with E-state index in [1.807, 2.05) is 0 Å². The normalized spacial score (nSPS) is 23.2. The maximum atomic E-state index is 12.6. The molecule has 0 aromatic carbocycles. The summed E-state index contributed by atoms with van der Waals surface area (Å²) >= 11 is 1.68. The smallest absolute Gasteiger partial charge is 0.229 e. The van der Waals surface area contributed by atoms with E-state index < -0.39 is 10.0 Å². The molecule has 0 bridgehead atoms. The molecule has 1 aromatic heterocycles. The van der Waals surface area contributed by atoms with Crippen molar-refractivity contribution in [1.82, 2.24) is 19.4 Å². The summed E-state index contributed by atoms with van der Waals surface area (Å²) in [5.74, 6) is 0.147. The van der Waals surface area contributed by atoms with Crippen molar-refractivity contribution in [3.63, 3.8) is 0 Å². The van der Waals surface area contributed by atoms with Crippen LogP contribution in [0.4, 0.5) is 0 Å². The number of aromatic nitrogens is 2. The standard InChI is InChI=1S/C17H24N4O4S2/c22-14-2-1-3-15(23)21(14)10-11-27(24,25)20-8-6-13(7-9-20)17-19-18-16(26-17)12-4-5-12/h12-13H,1-11H2. The first-order valence-corrected chi connectivity index (χ1v) is 12.0. The molecule has 1 saturated carbocycles. The molecule has 10 heteroatoms. The van der Waals surface area contributed by atoms with Crippen molar-refractivity contribution >= 4 is 33.2 Å². The van der Waals surface area contributed by atoms with E-state index in [2.05, 4.69) is 10.2 Å². The van der Waals surface area contributed by atoms with E-state index in [4.69, 9.17) is 0 Å². The first-order valence-electron chi connectivity index (χ1n) is 9.58. The number of sulfonamides is 1. The van der Waals surface area contributed by atoms with Crippen molar-refractivity contribution in [2.24, 2.45) is 0 Å². The highest BCUT2D eigenvalue weighted by Crippen LogP contribution is 2.43. The highest BCUT2D eigenvalue weighted by atomic mass is 32.2. The van der Waals surface area contributed by atoms with Gasteiger partial charge in [0.2, 0.25) is 21.8 Å². The van der Waals surface area contributed by atoms with Crippen molar-refractivity contribution in [3.05, 3.63) is 10.0 Å². The second-order valence-corrected chi connectivity index (χ2v) is 10.7. The molecule has 3 fully saturated rings. The maximum absolute atomic E-state index is 12.6. The lowest BCUT2D eigenvalue weighted by Gasteiger charge is -2.31. The van der Waals surface area contributed by atoms with Crippen molar-refractivity contribution in [1.29, 1.82) is 0 Å². The zero-order chi connectivity index (χ0) is 19.0. The highest BCUT2D eigenvalue weighted by molar-refractivity contribution is 7.89. The summed E-state index contributed by atoms with van der Waals surface area (Å²) in [6.07, 6.45) is 5.08. The number of nitrogens with zero attached hydrogens (tertiary/aromatic N) is 4. The molecule has 8 nitrogen and oxygen atoms in total. The Labute approximate surface area is 163 Å². The quantitative estimate of drug-likeness (QED) is 0.656. The monoisotopic (exact) mass is 412 g/mol. The fourth-order valence-corrected chi connectivity index (χ4v) is 6.29. The minimum Gasteiger partial charge on any atom is -0.282 e. The fraction of sp³-hybridized carbons (Fsp3) is 0.765. The predicted octanol–water partition coefficient (Wildman–Crippen LogP) is 1.46. The average molecular weight is 413 g/mol. The molecule has 148 valence electrons. The van der Waals surface area contributed by atoms with Crippen LogP contribution in [0.25, 0.3) is 0 Å². The van der Waals surface area contributed by atoms with Crippen LogP contribution in [0.5, 0.6) is 0 Å². The Hall–Kier alpha value is -1.39. The maximum Gasteiger partial charge on any atom is 0.229 e. The van der Waals surface area contributed by atoms with Gasteiger partial charge < -0.3 is 0 Å². The molecule has 27 heavy (non-hydrogen) atoms. The van der Waals surface area contributed by atoms with E-state index in [1.165, 1.54) is 17.1 Å². The Morgan fingerprint density at radius 1 is 0.926 bits per heavy atom. The van der Waals surface area contributed by atoms with Crippen molar-refractivity contribution in [3.8, 4) is 0 Å². The highest BCUT2D eigenvalue weighted by Gasteiger charge is 2.34. The number of hydrogen-bond acceptors (Lipinski definition) is 7. The first kappa shape index (κ1) is 18.9. The SMILES string of the molecule is O=C1CCCC(=O)N1CCS(=O)(=O)N1CCC(c2nnc(C3CC3)s2)CC1. The number of hydrogen-bond donors (Lipinski definition) is 0. The number of carbonyl (C=O) groups is 2. The van der Waals surface area contributed by atoms with Crippen LogP contribution >= 0.6 is 11.3 Å². The lowest BCUT2D eigenvalue weighted by molar-refractivity contribution is -0.147. The Morgan fingerprint density at radius 3 is 2.04 bits per heavy atom. The van der Waals surface area contributed by atoms with Crippen LogP contribution in [0.1, 0.15) is 66.8 Å². The van der Waals surface area contributed by atoms with Crippen molar-refractivity contribution in [2.45, 2.75) is 56.8 Å². The second kappa shape index (κ2) is 7.56. The van der Waals surface area contributed by atoms with Crippen LogP contribution < -0.4 is 0 Å². The van der Waals surface area contributed by atoms with Crippen LogP contribution in [0.2, 0.25) is 0 Å². The number of rotatable bonds is 6. The lowest BCUT2D eigenvalue weighted by Crippen LogP contribution is -2.46. The van der Waals surface area contributed by atoms with Crippen LogP contribution in [0.15, 0.2) is 0 Å². The van der Waals surface area contributed by atoms with Crippen LogP contribution in [-0.4, -0.2) is 65.0 Å². The van der Waals surface area contributed by atoms with Crippen LogP contribution in [0, 0.1) is 0 Å². The summed E-state index contributed by atoms with van der Waals surface area (Å²) in [5.41, 5.74) is 0. The second-order valence-electron chi connectivity index (χ2n) is 7.53. The zero-order valence-electron chi connectivity index (χ0n) is 15.2. The summed E-state index contributed by atoms with van der Waals surface area (Å²) in [7, 11) is -3.48. The Bertz CT molecular complexity index is 810. The molecule has 0 atom stereocenters. The molecule has 1 aromatic rings. The van der Waals surface area contributed by atoms with Gasteiger partial charge in [0, 0.05) is 44.3 Å². The minimum atomic E-state index is -3.48. The largest absolute Gasteiger partial charge is 0.282 e. The van der Waals surface area contributed by atoms with E-state index in [1.54, 1.807) is 11.3 Å². The fourth-order valence-electron chi connectivity index (χ4n) is 3.67. The molecule has 0 spiro atoms. The molecule has 0 radical (unpaired) electrons. The molecule has 3 aliphatic rings. The van der Waals surface area contributed by atoms with Crippen LogP contribution in [0.3, 0.4) is 0 Å². The van der Waals surface area contributed by atoms with E-state index in [-0.39, 0.29) is 30.0 Å². The van der Waals surface area contributed by atoms with Crippen molar-refractivity contribution < 1.29 is 18.0 Å². The third kappa shape index (κ3) is 4.22. The minimum absolute atomic E-state index is 0.0406. The van der Waals surface area contributed by atoms with Gasteiger partial charge in [0.15, 0.2) is 0 Å². The summed E-state index contributed by atoms with van der Waals surface area (Å²) in [5, 5.41) is 10.8. The Morgan fingerprint density at radius 2 is 1.48 bits per heavy atom.